The Kier molecular flexibility index (Phi) is 5.42. The Labute approximate surface area is 150 Å². The highest BCUT2D eigenvalue weighted by Gasteiger charge is 2.12. The highest BCUT2D eigenvalue weighted by atomic mass is 16.5. The molecule has 0 aliphatic rings. The zero-order chi connectivity index (χ0) is 17.8. The smallest absolute Gasteiger partial charge is 0.119 e. The molecular formula is C22H28N2O. The van der Waals surface area contributed by atoms with Crippen molar-refractivity contribution in [3.63, 3.8) is 0 Å². The maximum absolute atomic E-state index is 5.93. The number of unbranched alkanes of at least 4 members (excludes halogenated alkanes) is 1. The molecule has 0 fully saturated rings. The summed E-state index contributed by atoms with van der Waals surface area (Å²) in [5.74, 6) is 2.59. The highest BCUT2D eigenvalue weighted by Crippen LogP contribution is 2.22. The molecule has 0 amide bonds. The number of hydrogen-bond donors (Lipinski definition) is 0. The molecule has 1 aromatic heterocycles. The van der Waals surface area contributed by atoms with Gasteiger partial charge in [0, 0.05) is 12.5 Å². The van der Waals surface area contributed by atoms with Crippen molar-refractivity contribution in [3.8, 4) is 5.75 Å². The van der Waals surface area contributed by atoms with Gasteiger partial charge in [-0.15, -0.1) is 0 Å². The second kappa shape index (κ2) is 7.73. The van der Waals surface area contributed by atoms with Gasteiger partial charge in [0.05, 0.1) is 17.6 Å². The number of aryl methyl sites for hydroxylation is 3. The van der Waals surface area contributed by atoms with Crippen LogP contribution in [0.5, 0.6) is 5.75 Å². The van der Waals surface area contributed by atoms with Gasteiger partial charge in [-0.25, -0.2) is 4.98 Å². The quantitative estimate of drug-likeness (QED) is 0.522. The lowest BCUT2D eigenvalue weighted by Gasteiger charge is -2.12. The van der Waals surface area contributed by atoms with E-state index in [2.05, 4.69) is 74.7 Å². The van der Waals surface area contributed by atoms with Gasteiger partial charge in [-0.05, 0) is 62.1 Å². The molecule has 3 heteroatoms. The van der Waals surface area contributed by atoms with Gasteiger partial charge in [-0.2, -0.15) is 0 Å². The fourth-order valence-corrected chi connectivity index (χ4v) is 3.35. The van der Waals surface area contributed by atoms with Crippen LogP contribution in [0.2, 0.25) is 0 Å². The van der Waals surface area contributed by atoms with E-state index in [-0.39, 0.29) is 0 Å². The minimum absolute atomic E-state index is 0.430. The second-order valence-electron chi connectivity index (χ2n) is 7.14. The summed E-state index contributed by atoms with van der Waals surface area (Å²) in [5, 5.41) is 0. The van der Waals surface area contributed by atoms with Crippen molar-refractivity contribution in [3.05, 3.63) is 59.4 Å². The van der Waals surface area contributed by atoms with E-state index >= 15 is 0 Å². The Bertz CT molecular complexity index is 828. The molecule has 1 heterocycles. The Morgan fingerprint density at radius 3 is 2.44 bits per heavy atom. The summed E-state index contributed by atoms with van der Waals surface area (Å²) in [6.45, 7) is 10.4. The third-order valence-electron chi connectivity index (χ3n) is 4.44. The zero-order valence-electron chi connectivity index (χ0n) is 15.7. The van der Waals surface area contributed by atoms with Crippen molar-refractivity contribution in [1.29, 1.82) is 0 Å². The molecule has 25 heavy (non-hydrogen) atoms. The molecule has 3 aromatic rings. The Balaban J connectivity index is 1.59. The molecule has 0 N–H and O–H groups in total. The Morgan fingerprint density at radius 2 is 1.72 bits per heavy atom. The molecule has 0 saturated heterocycles. The van der Waals surface area contributed by atoms with Gasteiger partial charge < -0.3 is 9.30 Å². The van der Waals surface area contributed by atoms with Gasteiger partial charge in [0.1, 0.15) is 11.6 Å². The predicted molar refractivity (Wildman–Crippen MR) is 104 cm³/mol. The van der Waals surface area contributed by atoms with Gasteiger partial charge in [-0.1, -0.05) is 32.0 Å². The SMILES string of the molecule is Cc1cc(C)cc(OCCCCn2c(C(C)C)nc3ccccc32)c1. The number of ether oxygens (including phenoxy) is 1. The van der Waals surface area contributed by atoms with Crippen molar-refractivity contribution in [2.45, 2.75) is 53.0 Å². The number of aromatic nitrogens is 2. The van der Waals surface area contributed by atoms with Crippen LogP contribution in [-0.2, 0) is 6.54 Å². The van der Waals surface area contributed by atoms with Crippen molar-refractivity contribution >= 4 is 11.0 Å². The molecule has 2 aromatic carbocycles. The van der Waals surface area contributed by atoms with E-state index in [1.54, 1.807) is 0 Å². The average Bonchev–Trinajstić information content (AvgIpc) is 2.93. The Morgan fingerprint density at radius 1 is 1.00 bits per heavy atom. The Hall–Kier alpha value is -2.29. The summed E-state index contributed by atoms with van der Waals surface area (Å²) >= 11 is 0. The van der Waals surface area contributed by atoms with Crippen LogP contribution in [0.4, 0.5) is 0 Å². The average molecular weight is 336 g/mol. The molecule has 0 unspecified atom stereocenters. The van der Waals surface area contributed by atoms with Crippen molar-refractivity contribution < 1.29 is 4.74 Å². The lowest BCUT2D eigenvalue weighted by atomic mass is 10.1. The summed E-state index contributed by atoms with van der Waals surface area (Å²) in [5.41, 5.74) is 4.84. The summed E-state index contributed by atoms with van der Waals surface area (Å²) in [4.78, 5) is 4.81. The number of para-hydroxylation sites is 2. The van der Waals surface area contributed by atoms with Crippen LogP contribution in [0.15, 0.2) is 42.5 Å². The van der Waals surface area contributed by atoms with Gasteiger partial charge in [0.2, 0.25) is 0 Å². The molecule has 0 bridgehead atoms. The van der Waals surface area contributed by atoms with Crippen LogP contribution in [0.1, 0.15) is 49.6 Å². The maximum atomic E-state index is 5.93. The lowest BCUT2D eigenvalue weighted by Crippen LogP contribution is -2.07. The van der Waals surface area contributed by atoms with Gasteiger partial charge in [-0.3, -0.25) is 0 Å². The van der Waals surface area contributed by atoms with E-state index in [0.717, 1.165) is 37.3 Å². The van der Waals surface area contributed by atoms with Crippen LogP contribution in [0.25, 0.3) is 11.0 Å². The van der Waals surface area contributed by atoms with Crippen LogP contribution in [-0.4, -0.2) is 16.2 Å². The van der Waals surface area contributed by atoms with Gasteiger partial charge >= 0.3 is 0 Å². The summed E-state index contributed by atoms with van der Waals surface area (Å²) in [7, 11) is 0. The zero-order valence-corrected chi connectivity index (χ0v) is 15.7. The maximum Gasteiger partial charge on any atom is 0.119 e. The summed E-state index contributed by atoms with van der Waals surface area (Å²) in [6.07, 6.45) is 2.13. The number of imidazole rings is 1. The molecule has 3 rings (SSSR count). The van der Waals surface area contributed by atoms with Crippen molar-refractivity contribution in [1.82, 2.24) is 9.55 Å². The van der Waals surface area contributed by atoms with Gasteiger partial charge in [0.15, 0.2) is 0 Å². The second-order valence-corrected chi connectivity index (χ2v) is 7.14. The van der Waals surface area contributed by atoms with Crippen LogP contribution in [0.3, 0.4) is 0 Å². The van der Waals surface area contributed by atoms with E-state index in [0.29, 0.717) is 5.92 Å². The van der Waals surface area contributed by atoms with Gasteiger partial charge in [0.25, 0.3) is 0 Å². The third-order valence-corrected chi connectivity index (χ3v) is 4.44. The molecule has 132 valence electrons. The van der Waals surface area contributed by atoms with E-state index in [9.17, 15) is 0 Å². The number of fused-ring (bicyclic) bond motifs is 1. The van der Waals surface area contributed by atoms with Crippen LogP contribution in [0, 0.1) is 13.8 Å². The first-order valence-electron chi connectivity index (χ1n) is 9.21. The number of hydrogen-bond acceptors (Lipinski definition) is 2. The number of rotatable bonds is 7. The number of nitrogens with zero attached hydrogens (tertiary/aromatic N) is 2. The third kappa shape index (κ3) is 4.22. The predicted octanol–water partition coefficient (Wildman–Crippen LogP) is 5.64. The lowest BCUT2D eigenvalue weighted by molar-refractivity contribution is 0.302. The van der Waals surface area contributed by atoms with E-state index < -0.39 is 0 Å². The monoisotopic (exact) mass is 336 g/mol. The standard InChI is InChI=1S/C22H28N2O/c1-16(2)22-23-20-9-5-6-10-21(20)24(22)11-7-8-12-25-19-14-17(3)13-18(4)15-19/h5-6,9-10,13-16H,7-8,11-12H2,1-4H3. The normalized spacial score (nSPS) is 11.4. The molecule has 0 atom stereocenters. The number of benzene rings is 2. The fourth-order valence-electron chi connectivity index (χ4n) is 3.35. The molecule has 0 radical (unpaired) electrons. The van der Waals surface area contributed by atoms with Crippen molar-refractivity contribution in [2.75, 3.05) is 6.61 Å². The van der Waals surface area contributed by atoms with Crippen LogP contribution >= 0.6 is 0 Å². The largest absolute Gasteiger partial charge is 0.494 e. The van der Waals surface area contributed by atoms with Crippen molar-refractivity contribution in [2.24, 2.45) is 0 Å². The fraction of sp³-hybridized carbons (Fsp3) is 0.409. The van der Waals surface area contributed by atoms with E-state index in [4.69, 9.17) is 9.72 Å². The van der Waals surface area contributed by atoms with E-state index in [1.165, 1.54) is 22.5 Å². The summed E-state index contributed by atoms with van der Waals surface area (Å²) in [6, 6.07) is 14.8. The highest BCUT2D eigenvalue weighted by molar-refractivity contribution is 5.76. The minimum Gasteiger partial charge on any atom is -0.494 e. The van der Waals surface area contributed by atoms with E-state index in [1.807, 2.05) is 0 Å². The molecular weight excluding hydrogens is 308 g/mol. The first-order chi connectivity index (χ1) is 12.0. The topological polar surface area (TPSA) is 27.1 Å². The molecule has 0 aliphatic carbocycles. The first-order valence-corrected chi connectivity index (χ1v) is 9.21. The molecule has 0 aliphatic heterocycles. The molecule has 0 spiro atoms. The van der Waals surface area contributed by atoms with Crippen LogP contribution < -0.4 is 4.74 Å². The molecule has 0 saturated carbocycles. The first kappa shape index (κ1) is 17.5. The summed E-state index contributed by atoms with van der Waals surface area (Å²) < 4.78 is 8.30. The molecule has 3 nitrogen and oxygen atoms in total. The minimum atomic E-state index is 0.430.